The average Bonchev–Trinajstić information content (AvgIpc) is 2.18. The molecule has 3 nitrogen and oxygen atoms in total. The predicted octanol–water partition coefficient (Wildman–Crippen LogP) is -0.322. The summed E-state index contributed by atoms with van der Waals surface area (Å²) in [7, 11) is 0. The summed E-state index contributed by atoms with van der Waals surface area (Å²) in [5.74, 6) is 0. The Morgan fingerprint density at radius 1 is 1.89 bits per heavy atom. The fourth-order valence-electron chi connectivity index (χ4n) is 0.995. The molecule has 1 atom stereocenters. The number of hydrogen-bond acceptors (Lipinski definition) is 3. The third-order valence-electron chi connectivity index (χ3n) is 1.58. The number of nitrogens with zero attached hydrogens (tertiary/aromatic N) is 2. The lowest BCUT2D eigenvalue weighted by molar-refractivity contribution is 0.274. The van der Waals surface area contributed by atoms with Crippen molar-refractivity contribution in [3.63, 3.8) is 0 Å². The molecule has 1 rings (SSSR count). The lowest BCUT2D eigenvalue weighted by Crippen LogP contribution is -2.32. The first-order valence-electron chi connectivity index (χ1n) is 3.30. The van der Waals surface area contributed by atoms with Gasteiger partial charge in [0.15, 0.2) is 0 Å². The van der Waals surface area contributed by atoms with Crippen molar-refractivity contribution in [1.29, 1.82) is 0 Å². The van der Waals surface area contributed by atoms with E-state index in [0.717, 1.165) is 19.6 Å². The van der Waals surface area contributed by atoms with Gasteiger partial charge < -0.3 is 5.73 Å². The molecule has 0 radical (unpaired) electrons. The molecule has 0 amide bonds. The third kappa shape index (κ3) is 1.50. The van der Waals surface area contributed by atoms with Crippen LogP contribution in [0.1, 0.15) is 6.92 Å². The second-order valence-electron chi connectivity index (χ2n) is 2.25. The van der Waals surface area contributed by atoms with Crippen molar-refractivity contribution >= 4 is 6.21 Å². The SMILES string of the molecule is CC1N=CCN1CCN. The van der Waals surface area contributed by atoms with Gasteiger partial charge in [-0.05, 0) is 6.92 Å². The van der Waals surface area contributed by atoms with Crippen LogP contribution in [0, 0.1) is 0 Å². The Morgan fingerprint density at radius 3 is 3.11 bits per heavy atom. The first kappa shape index (κ1) is 6.71. The van der Waals surface area contributed by atoms with Crippen LogP contribution in [0.3, 0.4) is 0 Å². The summed E-state index contributed by atoms with van der Waals surface area (Å²) in [6.07, 6.45) is 2.30. The zero-order valence-corrected chi connectivity index (χ0v) is 5.75. The summed E-state index contributed by atoms with van der Waals surface area (Å²) in [4.78, 5) is 6.42. The molecular formula is C6H13N3. The highest BCUT2D eigenvalue weighted by atomic mass is 15.3. The van der Waals surface area contributed by atoms with E-state index in [1.54, 1.807) is 0 Å². The minimum absolute atomic E-state index is 0.355. The van der Waals surface area contributed by atoms with Gasteiger partial charge in [-0.3, -0.25) is 9.89 Å². The molecule has 1 heterocycles. The van der Waals surface area contributed by atoms with Gasteiger partial charge >= 0.3 is 0 Å². The van der Waals surface area contributed by atoms with E-state index in [0.29, 0.717) is 6.17 Å². The van der Waals surface area contributed by atoms with Crippen LogP contribution >= 0.6 is 0 Å². The highest BCUT2D eigenvalue weighted by molar-refractivity contribution is 5.61. The minimum Gasteiger partial charge on any atom is -0.329 e. The van der Waals surface area contributed by atoms with Crippen molar-refractivity contribution < 1.29 is 0 Å². The van der Waals surface area contributed by atoms with Crippen molar-refractivity contribution in [3.05, 3.63) is 0 Å². The summed E-state index contributed by atoms with van der Waals surface area (Å²) < 4.78 is 0. The Bertz CT molecular complexity index is 111. The predicted molar refractivity (Wildman–Crippen MR) is 38.6 cm³/mol. The first-order valence-corrected chi connectivity index (χ1v) is 3.30. The van der Waals surface area contributed by atoms with Crippen LogP contribution in [-0.2, 0) is 0 Å². The molecule has 1 unspecified atom stereocenters. The van der Waals surface area contributed by atoms with Gasteiger partial charge in [0.2, 0.25) is 0 Å². The molecule has 1 aliphatic rings. The van der Waals surface area contributed by atoms with Gasteiger partial charge in [0.1, 0.15) is 0 Å². The van der Waals surface area contributed by atoms with Gasteiger partial charge in [-0.1, -0.05) is 0 Å². The Morgan fingerprint density at radius 2 is 2.67 bits per heavy atom. The van der Waals surface area contributed by atoms with Gasteiger partial charge in [-0.2, -0.15) is 0 Å². The van der Waals surface area contributed by atoms with Crippen molar-refractivity contribution in [1.82, 2.24) is 4.90 Å². The van der Waals surface area contributed by atoms with Gasteiger partial charge in [-0.15, -0.1) is 0 Å². The first-order chi connectivity index (χ1) is 4.34. The van der Waals surface area contributed by atoms with Gasteiger partial charge in [0.25, 0.3) is 0 Å². The Labute approximate surface area is 55.6 Å². The molecule has 2 N–H and O–H groups in total. The highest BCUT2D eigenvalue weighted by Crippen LogP contribution is 2.02. The number of hydrogen-bond donors (Lipinski definition) is 1. The fraction of sp³-hybridized carbons (Fsp3) is 0.833. The van der Waals surface area contributed by atoms with E-state index in [1.165, 1.54) is 0 Å². The van der Waals surface area contributed by atoms with Crippen molar-refractivity contribution in [3.8, 4) is 0 Å². The van der Waals surface area contributed by atoms with Crippen molar-refractivity contribution in [2.24, 2.45) is 10.7 Å². The largest absolute Gasteiger partial charge is 0.329 e. The standard InChI is InChI=1S/C6H13N3/c1-6-8-3-5-9(6)4-2-7/h3,6H,2,4-5,7H2,1H3. The van der Waals surface area contributed by atoms with Crippen LogP contribution in [0.4, 0.5) is 0 Å². The number of nitrogens with two attached hydrogens (primary N) is 1. The van der Waals surface area contributed by atoms with E-state index in [2.05, 4.69) is 16.8 Å². The van der Waals surface area contributed by atoms with E-state index in [4.69, 9.17) is 5.73 Å². The summed E-state index contributed by atoms with van der Waals surface area (Å²) in [6.45, 7) is 4.74. The molecule has 0 spiro atoms. The van der Waals surface area contributed by atoms with Crippen LogP contribution in [0.5, 0.6) is 0 Å². The topological polar surface area (TPSA) is 41.6 Å². The molecule has 0 fully saturated rings. The van der Waals surface area contributed by atoms with Crippen LogP contribution in [0.15, 0.2) is 4.99 Å². The molecule has 0 bridgehead atoms. The van der Waals surface area contributed by atoms with E-state index in [-0.39, 0.29) is 0 Å². The van der Waals surface area contributed by atoms with Gasteiger partial charge in [0, 0.05) is 25.8 Å². The van der Waals surface area contributed by atoms with Gasteiger partial charge in [-0.25, -0.2) is 0 Å². The lowest BCUT2D eigenvalue weighted by Gasteiger charge is -2.17. The Balaban J connectivity index is 2.28. The Hall–Kier alpha value is -0.410. The summed E-state index contributed by atoms with van der Waals surface area (Å²) >= 11 is 0. The summed E-state index contributed by atoms with van der Waals surface area (Å²) in [5.41, 5.74) is 5.37. The van der Waals surface area contributed by atoms with Crippen LogP contribution in [0.2, 0.25) is 0 Å². The Kier molecular flexibility index (Phi) is 2.19. The van der Waals surface area contributed by atoms with Crippen LogP contribution in [0.25, 0.3) is 0 Å². The van der Waals surface area contributed by atoms with E-state index < -0.39 is 0 Å². The summed E-state index contributed by atoms with van der Waals surface area (Å²) in [5, 5.41) is 0. The molecule has 52 valence electrons. The van der Waals surface area contributed by atoms with Crippen molar-refractivity contribution in [2.75, 3.05) is 19.6 Å². The molecule has 0 saturated carbocycles. The molecule has 0 saturated heterocycles. The lowest BCUT2D eigenvalue weighted by atomic mass is 10.4. The number of aliphatic imine (C=N–C) groups is 1. The van der Waals surface area contributed by atoms with E-state index in [1.807, 2.05) is 6.21 Å². The zero-order chi connectivity index (χ0) is 6.69. The maximum atomic E-state index is 5.37. The second kappa shape index (κ2) is 2.94. The van der Waals surface area contributed by atoms with Crippen LogP contribution in [-0.4, -0.2) is 36.9 Å². The van der Waals surface area contributed by atoms with E-state index in [9.17, 15) is 0 Å². The molecule has 9 heavy (non-hydrogen) atoms. The van der Waals surface area contributed by atoms with Crippen molar-refractivity contribution in [2.45, 2.75) is 13.1 Å². The third-order valence-corrected chi connectivity index (χ3v) is 1.58. The highest BCUT2D eigenvalue weighted by Gasteiger charge is 2.13. The van der Waals surface area contributed by atoms with Gasteiger partial charge in [0.05, 0.1) is 6.17 Å². The van der Waals surface area contributed by atoms with Crippen LogP contribution < -0.4 is 5.73 Å². The average molecular weight is 127 g/mol. The molecule has 1 aliphatic heterocycles. The number of rotatable bonds is 2. The smallest absolute Gasteiger partial charge is 0.0990 e. The second-order valence-corrected chi connectivity index (χ2v) is 2.25. The molecule has 3 heteroatoms. The minimum atomic E-state index is 0.355. The maximum Gasteiger partial charge on any atom is 0.0990 e. The quantitative estimate of drug-likeness (QED) is 0.552. The molecule has 0 aromatic heterocycles. The fourth-order valence-corrected chi connectivity index (χ4v) is 0.995. The zero-order valence-electron chi connectivity index (χ0n) is 5.75. The molecule has 0 aliphatic carbocycles. The molecule has 0 aromatic rings. The molecule has 0 aromatic carbocycles. The monoisotopic (exact) mass is 127 g/mol. The molecular weight excluding hydrogens is 114 g/mol. The maximum absolute atomic E-state index is 5.37. The van der Waals surface area contributed by atoms with E-state index >= 15 is 0 Å². The summed E-state index contributed by atoms with van der Waals surface area (Å²) in [6, 6.07) is 0. The normalized spacial score (nSPS) is 27.6.